The molecule has 2 amide bonds. The van der Waals surface area contributed by atoms with Gasteiger partial charge in [-0.25, -0.2) is 4.79 Å². The molecule has 0 saturated heterocycles. The molecule has 0 bridgehead atoms. The maximum Gasteiger partial charge on any atom is 0.320 e. The van der Waals surface area contributed by atoms with Crippen LogP contribution < -0.4 is 10.6 Å². The fourth-order valence-electron chi connectivity index (χ4n) is 2.58. The van der Waals surface area contributed by atoms with Crippen LogP contribution in [0.5, 0.6) is 0 Å². The van der Waals surface area contributed by atoms with Crippen LogP contribution in [0.3, 0.4) is 0 Å². The number of non-ortho nitro benzene ring substituents is 1. The van der Waals surface area contributed by atoms with Crippen molar-refractivity contribution in [3.8, 4) is 0 Å². The third-order valence-electron chi connectivity index (χ3n) is 3.66. The maximum atomic E-state index is 12.1. The largest absolute Gasteiger partial charge is 0.463 e. The number of hydrogen-bond donors (Lipinski definition) is 2. The third-order valence-corrected chi connectivity index (χ3v) is 4.97. The summed E-state index contributed by atoms with van der Waals surface area (Å²) in [6.45, 7) is 0. The van der Waals surface area contributed by atoms with Gasteiger partial charge >= 0.3 is 6.03 Å². The number of amides is 2. The Morgan fingerprint density at radius 2 is 2.16 bits per heavy atom. The second-order valence-electron chi connectivity index (χ2n) is 5.14. The number of nitro benzene ring substituents is 1. The zero-order valence-electron chi connectivity index (χ0n) is 13.0. The zero-order chi connectivity index (χ0) is 18.0. The number of nitrogens with one attached hydrogen (secondary N) is 2. The van der Waals surface area contributed by atoms with Crippen molar-refractivity contribution < 1.29 is 14.1 Å². The van der Waals surface area contributed by atoms with E-state index in [1.54, 1.807) is 24.3 Å². The van der Waals surface area contributed by atoms with Crippen molar-refractivity contribution in [2.45, 2.75) is 6.04 Å². The first-order valence-electron chi connectivity index (χ1n) is 7.19. The van der Waals surface area contributed by atoms with Gasteiger partial charge < -0.3 is 15.1 Å². The molecule has 1 aliphatic heterocycles. The molecule has 0 fully saturated rings. The van der Waals surface area contributed by atoms with Crippen LogP contribution >= 0.6 is 24.0 Å². The number of carbonyl (C=O) groups excluding carboxylic acids is 1. The van der Waals surface area contributed by atoms with Gasteiger partial charge in [-0.2, -0.15) is 0 Å². The van der Waals surface area contributed by atoms with Gasteiger partial charge in [0.15, 0.2) is 5.76 Å². The van der Waals surface area contributed by atoms with Crippen LogP contribution in [0.15, 0.2) is 52.7 Å². The molecule has 0 saturated carbocycles. The molecule has 2 N–H and O–H groups in total. The van der Waals surface area contributed by atoms with Crippen molar-refractivity contribution in [3.63, 3.8) is 0 Å². The Bertz CT molecular complexity index is 877. The van der Waals surface area contributed by atoms with E-state index in [1.807, 2.05) is 6.26 Å². The Hall–Kier alpha value is -2.65. The molecule has 2 heterocycles. The van der Waals surface area contributed by atoms with Gasteiger partial charge in [-0.05, 0) is 24.0 Å². The zero-order valence-corrected chi connectivity index (χ0v) is 14.6. The fourth-order valence-corrected chi connectivity index (χ4v) is 3.24. The molecule has 9 heteroatoms. The molecule has 0 radical (unpaired) electrons. The van der Waals surface area contributed by atoms with E-state index >= 15 is 0 Å². The molecule has 3 rings (SSSR count). The number of benzene rings is 1. The lowest BCUT2D eigenvalue weighted by molar-refractivity contribution is -0.384. The van der Waals surface area contributed by atoms with Crippen molar-refractivity contribution >= 4 is 45.6 Å². The number of nitro groups is 1. The first-order chi connectivity index (χ1) is 12.0. The number of carbonyl (C=O) groups is 1. The predicted molar refractivity (Wildman–Crippen MR) is 99.2 cm³/mol. The van der Waals surface area contributed by atoms with Gasteiger partial charge in [0, 0.05) is 17.7 Å². The predicted octanol–water partition coefficient (Wildman–Crippen LogP) is 3.64. The van der Waals surface area contributed by atoms with Crippen LogP contribution in [-0.4, -0.2) is 21.4 Å². The van der Waals surface area contributed by atoms with Crippen LogP contribution in [-0.2, 0) is 0 Å². The maximum absolute atomic E-state index is 12.1. The van der Waals surface area contributed by atoms with Crippen molar-refractivity contribution in [3.05, 3.63) is 69.7 Å². The van der Waals surface area contributed by atoms with E-state index in [9.17, 15) is 14.9 Å². The average Bonchev–Trinajstić information content (AvgIpc) is 3.15. The van der Waals surface area contributed by atoms with E-state index in [1.165, 1.54) is 30.2 Å². The number of thioether (sulfide) groups is 1. The van der Waals surface area contributed by atoms with E-state index in [0.29, 0.717) is 26.8 Å². The van der Waals surface area contributed by atoms with E-state index < -0.39 is 17.0 Å². The number of rotatable bonds is 4. The van der Waals surface area contributed by atoms with Crippen LogP contribution in [0.1, 0.15) is 17.4 Å². The van der Waals surface area contributed by atoms with Crippen molar-refractivity contribution in [2.75, 3.05) is 6.26 Å². The number of furan rings is 1. The highest BCUT2D eigenvalue weighted by Crippen LogP contribution is 2.35. The minimum atomic E-state index is -0.617. The lowest BCUT2D eigenvalue weighted by Gasteiger charge is -2.29. The Labute approximate surface area is 152 Å². The van der Waals surface area contributed by atoms with Crippen molar-refractivity contribution in [1.82, 2.24) is 10.6 Å². The normalized spacial score (nSPS) is 17.0. The van der Waals surface area contributed by atoms with Crippen LogP contribution in [0.25, 0.3) is 5.70 Å². The monoisotopic (exact) mass is 375 g/mol. The topological polar surface area (TPSA) is 97.4 Å². The summed E-state index contributed by atoms with van der Waals surface area (Å²) in [5, 5.41) is 16.6. The molecule has 2 aromatic rings. The summed E-state index contributed by atoms with van der Waals surface area (Å²) < 4.78 is 5.97. The summed E-state index contributed by atoms with van der Waals surface area (Å²) in [4.78, 5) is 22.7. The summed E-state index contributed by atoms with van der Waals surface area (Å²) in [5.41, 5.74) is 1.61. The summed E-state index contributed by atoms with van der Waals surface area (Å²) in [6.07, 6.45) is 3.33. The summed E-state index contributed by atoms with van der Waals surface area (Å²) in [6, 6.07) is 8.49. The van der Waals surface area contributed by atoms with E-state index in [2.05, 4.69) is 10.6 Å². The molecule has 7 nitrogen and oxygen atoms in total. The lowest BCUT2D eigenvalue weighted by Crippen LogP contribution is -2.44. The van der Waals surface area contributed by atoms with Gasteiger partial charge in [0.2, 0.25) is 0 Å². The fraction of sp³-hybridized carbons (Fsp3) is 0.125. The Balaban J connectivity index is 2.18. The smallest absolute Gasteiger partial charge is 0.320 e. The molecule has 1 aliphatic rings. The molecular formula is C16H13N3O4S2. The summed E-state index contributed by atoms with van der Waals surface area (Å²) >= 11 is 6.81. The Morgan fingerprint density at radius 1 is 1.36 bits per heavy atom. The first-order valence-corrected chi connectivity index (χ1v) is 8.82. The standard InChI is InChI=1S/C16H13N3O4S2/c1-25-15(24)12-13(9-4-2-5-10(8-9)19(21)22)17-16(20)18-14(12)11-6-3-7-23-11/h2-8,13H,1H3,(H2,17,18,20)/t13-/m0/s1. The summed E-state index contributed by atoms with van der Waals surface area (Å²) in [5.74, 6) is 0.469. The van der Waals surface area contributed by atoms with Gasteiger partial charge in [-0.3, -0.25) is 10.1 Å². The lowest BCUT2D eigenvalue weighted by atomic mass is 9.95. The van der Waals surface area contributed by atoms with E-state index in [-0.39, 0.29) is 5.69 Å². The van der Waals surface area contributed by atoms with Gasteiger partial charge in [0.25, 0.3) is 5.69 Å². The number of hydrogen-bond acceptors (Lipinski definition) is 6. The molecular weight excluding hydrogens is 362 g/mol. The quantitative estimate of drug-likeness (QED) is 0.481. The van der Waals surface area contributed by atoms with Gasteiger partial charge in [-0.15, -0.1) is 11.8 Å². The molecule has 0 spiro atoms. The van der Waals surface area contributed by atoms with Crippen molar-refractivity contribution in [2.24, 2.45) is 0 Å². The third kappa shape index (κ3) is 3.42. The summed E-state index contributed by atoms with van der Waals surface area (Å²) in [7, 11) is 0. The van der Waals surface area contributed by atoms with Crippen molar-refractivity contribution in [1.29, 1.82) is 0 Å². The van der Waals surface area contributed by atoms with Crippen LogP contribution in [0, 0.1) is 10.1 Å². The molecule has 0 unspecified atom stereocenters. The molecule has 1 atom stereocenters. The highest BCUT2D eigenvalue weighted by Gasteiger charge is 2.32. The van der Waals surface area contributed by atoms with Crippen LogP contribution in [0.4, 0.5) is 10.5 Å². The van der Waals surface area contributed by atoms with E-state index in [4.69, 9.17) is 16.6 Å². The first kappa shape index (κ1) is 17.2. The van der Waals surface area contributed by atoms with Gasteiger partial charge in [0.1, 0.15) is 0 Å². The van der Waals surface area contributed by atoms with Gasteiger partial charge in [-0.1, -0.05) is 24.4 Å². The molecule has 1 aromatic heterocycles. The second kappa shape index (κ2) is 7.08. The average molecular weight is 375 g/mol. The number of thiocarbonyl (C=S) groups is 1. The highest BCUT2D eigenvalue weighted by atomic mass is 32.2. The van der Waals surface area contributed by atoms with Crippen LogP contribution in [0.2, 0.25) is 0 Å². The Kier molecular flexibility index (Phi) is 4.86. The minimum absolute atomic E-state index is 0.0562. The molecule has 128 valence electrons. The number of urea groups is 1. The SMILES string of the molecule is CSC(=S)C1=C(c2ccco2)NC(=O)N[C@H]1c1cccc([N+](=O)[O-])c1. The van der Waals surface area contributed by atoms with Gasteiger partial charge in [0.05, 0.1) is 27.1 Å². The highest BCUT2D eigenvalue weighted by molar-refractivity contribution is 8.23. The molecule has 25 heavy (non-hydrogen) atoms. The minimum Gasteiger partial charge on any atom is -0.463 e. The van der Waals surface area contributed by atoms with E-state index in [0.717, 1.165) is 0 Å². The Morgan fingerprint density at radius 3 is 2.80 bits per heavy atom. The second-order valence-corrected chi connectivity index (χ2v) is 6.62. The molecule has 1 aromatic carbocycles. The molecule has 0 aliphatic carbocycles. The number of nitrogens with zero attached hydrogens (tertiary/aromatic N) is 1.